The third-order valence-corrected chi connectivity index (χ3v) is 9.27. The van der Waals surface area contributed by atoms with E-state index in [1.165, 1.54) is 42.2 Å². The zero-order valence-corrected chi connectivity index (χ0v) is 29.8. The largest absolute Gasteiger partial charge is 0.463 e. The number of aromatic nitrogens is 2. The minimum Gasteiger partial charge on any atom is -0.463 e. The van der Waals surface area contributed by atoms with Gasteiger partial charge in [0.25, 0.3) is 5.56 Å². The average Bonchev–Trinajstić information content (AvgIpc) is 3.09. The number of ether oxygens (including phenoxy) is 1. The maximum atomic E-state index is 13.6. The standard InChI is InChI=1S/C38H42F4N4O4S/c1-5-44(6-2)19-20-45(22-27-7-11-29(12-8-27)30-13-15-32(16-14-30)38(40,41)42)34(24-47)46-23-31(21-35(48)50-26(3)4)36(49)43-37(46)51-25-28-9-17-33(39)18-10-28/h7-18,23-24,26,34H,5-6,19-22,25H2,1-4H3. The first-order valence-corrected chi connectivity index (χ1v) is 17.7. The third-order valence-electron chi connectivity index (χ3n) is 8.23. The highest BCUT2D eigenvalue weighted by molar-refractivity contribution is 7.98. The van der Waals surface area contributed by atoms with Crippen LogP contribution in [0.25, 0.3) is 11.1 Å². The van der Waals surface area contributed by atoms with Crippen molar-refractivity contribution in [1.29, 1.82) is 0 Å². The minimum atomic E-state index is -4.43. The Labute approximate surface area is 299 Å². The molecular weight excluding hydrogens is 685 g/mol. The van der Waals surface area contributed by atoms with E-state index in [0.29, 0.717) is 31.0 Å². The van der Waals surface area contributed by atoms with Crippen molar-refractivity contribution in [2.24, 2.45) is 0 Å². The molecule has 1 heterocycles. The molecule has 8 nitrogen and oxygen atoms in total. The number of esters is 1. The molecule has 0 spiro atoms. The summed E-state index contributed by atoms with van der Waals surface area (Å²) in [7, 11) is 0. The second-order valence-corrected chi connectivity index (χ2v) is 13.2. The van der Waals surface area contributed by atoms with E-state index in [9.17, 15) is 31.9 Å². The number of rotatable bonds is 17. The summed E-state index contributed by atoms with van der Waals surface area (Å²) in [6, 6.07) is 18.3. The van der Waals surface area contributed by atoms with E-state index < -0.39 is 29.4 Å². The van der Waals surface area contributed by atoms with Crippen LogP contribution < -0.4 is 5.56 Å². The Morgan fingerprint density at radius 3 is 2.06 bits per heavy atom. The highest BCUT2D eigenvalue weighted by Gasteiger charge is 2.30. The van der Waals surface area contributed by atoms with Crippen LogP contribution in [0, 0.1) is 5.82 Å². The summed E-state index contributed by atoms with van der Waals surface area (Å²) in [5, 5.41) is 0.243. The van der Waals surface area contributed by atoms with Crippen molar-refractivity contribution in [1.82, 2.24) is 19.4 Å². The summed E-state index contributed by atoms with van der Waals surface area (Å²) in [5.74, 6) is -0.650. The Morgan fingerprint density at radius 1 is 0.922 bits per heavy atom. The van der Waals surface area contributed by atoms with E-state index in [4.69, 9.17) is 4.74 Å². The van der Waals surface area contributed by atoms with Gasteiger partial charge in [-0.3, -0.25) is 19.3 Å². The number of halogens is 4. The van der Waals surface area contributed by atoms with Gasteiger partial charge in [0, 0.05) is 37.1 Å². The van der Waals surface area contributed by atoms with Crippen LogP contribution in [-0.2, 0) is 39.2 Å². The van der Waals surface area contributed by atoms with E-state index >= 15 is 0 Å². The first kappa shape index (κ1) is 39.5. The summed E-state index contributed by atoms with van der Waals surface area (Å²) < 4.78 is 59.7. The van der Waals surface area contributed by atoms with Crippen molar-refractivity contribution in [2.75, 3.05) is 26.2 Å². The number of aldehydes is 1. The first-order valence-electron chi connectivity index (χ1n) is 16.7. The number of nitrogens with zero attached hydrogens (tertiary/aromatic N) is 4. The predicted octanol–water partition coefficient (Wildman–Crippen LogP) is 7.40. The molecule has 0 saturated carbocycles. The van der Waals surface area contributed by atoms with Crippen LogP contribution in [0.5, 0.6) is 0 Å². The average molecular weight is 727 g/mol. The molecule has 0 aliphatic carbocycles. The molecule has 272 valence electrons. The van der Waals surface area contributed by atoms with E-state index in [0.717, 1.165) is 48.2 Å². The predicted molar refractivity (Wildman–Crippen MR) is 190 cm³/mol. The van der Waals surface area contributed by atoms with E-state index in [1.54, 1.807) is 30.5 Å². The Morgan fingerprint density at radius 2 is 1.51 bits per heavy atom. The molecular formula is C38H42F4N4O4S. The molecule has 1 unspecified atom stereocenters. The number of hydrogen-bond donors (Lipinski definition) is 0. The minimum absolute atomic E-state index is 0.0724. The number of carbonyl (C=O) groups excluding carboxylic acids is 2. The van der Waals surface area contributed by atoms with Crippen LogP contribution >= 0.6 is 11.8 Å². The molecule has 0 saturated heterocycles. The molecule has 0 radical (unpaired) electrons. The lowest BCUT2D eigenvalue weighted by molar-refractivity contribution is -0.146. The molecule has 13 heteroatoms. The quantitative estimate of drug-likeness (QED) is 0.0366. The second kappa shape index (κ2) is 18.2. The van der Waals surface area contributed by atoms with Gasteiger partial charge in [-0.05, 0) is 73.5 Å². The van der Waals surface area contributed by atoms with Crippen LogP contribution in [0.4, 0.5) is 17.6 Å². The van der Waals surface area contributed by atoms with Crippen molar-refractivity contribution in [3.63, 3.8) is 0 Å². The molecule has 0 bridgehead atoms. The molecule has 1 atom stereocenters. The zero-order chi connectivity index (χ0) is 37.1. The van der Waals surface area contributed by atoms with Gasteiger partial charge in [0.15, 0.2) is 11.4 Å². The fourth-order valence-electron chi connectivity index (χ4n) is 5.43. The van der Waals surface area contributed by atoms with Gasteiger partial charge in [0.1, 0.15) is 12.0 Å². The van der Waals surface area contributed by atoms with Gasteiger partial charge >= 0.3 is 12.1 Å². The Bertz CT molecular complexity index is 1790. The normalized spacial score (nSPS) is 12.5. The molecule has 0 N–H and O–H groups in total. The Balaban J connectivity index is 1.70. The van der Waals surface area contributed by atoms with Crippen LogP contribution in [0.3, 0.4) is 0 Å². The highest BCUT2D eigenvalue weighted by Crippen LogP contribution is 2.31. The van der Waals surface area contributed by atoms with Crippen molar-refractivity contribution in [3.05, 3.63) is 117 Å². The number of alkyl halides is 3. The van der Waals surface area contributed by atoms with Crippen LogP contribution in [-0.4, -0.2) is 63.9 Å². The first-order chi connectivity index (χ1) is 24.3. The maximum Gasteiger partial charge on any atom is 0.416 e. The molecule has 3 aromatic carbocycles. The molecule has 4 rings (SSSR count). The summed E-state index contributed by atoms with van der Waals surface area (Å²) in [6.45, 7) is 10.5. The van der Waals surface area contributed by atoms with Gasteiger partial charge in [-0.25, -0.2) is 4.39 Å². The summed E-state index contributed by atoms with van der Waals surface area (Å²) in [5.41, 5.74) is 1.71. The molecule has 0 aliphatic rings. The molecule has 0 fully saturated rings. The van der Waals surface area contributed by atoms with Crippen LogP contribution in [0.1, 0.15) is 56.1 Å². The molecule has 51 heavy (non-hydrogen) atoms. The van der Waals surface area contributed by atoms with Gasteiger partial charge in [-0.2, -0.15) is 18.2 Å². The molecule has 0 amide bonds. The number of likely N-dealkylation sites (N-methyl/N-ethyl adjacent to an activating group) is 1. The zero-order valence-electron chi connectivity index (χ0n) is 29.0. The van der Waals surface area contributed by atoms with E-state index in [2.05, 4.69) is 9.88 Å². The summed E-state index contributed by atoms with van der Waals surface area (Å²) in [6.07, 6.45) is -3.83. The molecule has 4 aromatic rings. The number of benzene rings is 3. The lowest BCUT2D eigenvalue weighted by Gasteiger charge is -2.33. The van der Waals surface area contributed by atoms with Gasteiger partial charge in [-0.15, -0.1) is 0 Å². The van der Waals surface area contributed by atoms with E-state index in [1.807, 2.05) is 43.0 Å². The number of carbonyl (C=O) groups is 2. The molecule has 0 aliphatic heterocycles. The Hall–Kier alpha value is -4.33. The van der Waals surface area contributed by atoms with Crippen LogP contribution in [0.15, 0.2) is 88.9 Å². The fourth-order valence-corrected chi connectivity index (χ4v) is 6.38. The maximum absolute atomic E-state index is 13.6. The monoisotopic (exact) mass is 726 g/mol. The van der Waals surface area contributed by atoms with Gasteiger partial charge < -0.3 is 14.2 Å². The van der Waals surface area contributed by atoms with Crippen molar-refractivity contribution >= 4 is 24.0 Å². The van der Waals surface area contributed by atoms with Crippen molar-refractivity contribution in [3.8, 4) is 11.1 Å². The smallest absolute Gasteiger partial charge is 0.416 e. The van der Waals surface area contributed by atoms with Gasteiger partial charge in [0.2, 0.25) is 0 Å². The van der Waals surface area contributed by atoms with Gasteiger partial charge in [0.05, 0.1) is 18.1 Å². The van der Waals surface area contributed by atoms with Crippen molar-refractivity contribution < 1.29 is 31.9 Å². The third kappa shape index (κ3) is 11.3. The molecule has 1 aromatic heterocycles. The van der Waals surface area contributed by atoms with Gasteiger partial charge in [-0.1, -0.05) is 74.1 Å². The number of thioether (sulfide) groups is 1. The second-order valence-electron chi connectivity index (χ2n) is 12.2. The highest BCUT2D eigenvalue weighted by atomic mass is 32.2. The summed E-state index contributed by atoms with van der Waals surface area (Å²) >= 11 is 1.21. The lowest BCUT2D eigenvalue weighted by atomic mass is 10.0. The Kier molecular flexibility index (Phi) is 14.1. The topological polar surface area (TPSA) is 84.7 Å². The summed E-state index contributed by atoms with van der Waals surface area (Å²) in [4.78, 5) is 47.3. The SMILES string of the molecule is CCN(CC)CCN(Cc1ccc(-c2ccc(C(F)(F)F)cc2)cc1)C(C=O)n1cc(CC(=O)OC(C)C)c(=O)nc1SCc1ccc(F)cc1. The lowest BCUT2D eigenvalue weighted by Crippen LogP contribution is -2.40. The van der Waals surface area contributed by atoms with Crippen LogP contribution in [0.2, 0.25) is 0 Å². The fraction of sp³-hybridized carbons (Fsp3) is 0.368. The van der Waals surface area contributed by atoms with Crippen molar-refractivity contribution in [2.45, 2.75) is 70.0 Å². The van der Waals surface area contributed by atoms with E-state index in [-0.39, 0.29) is 29.1 Å². The number of hydrogen-bond acceptors (Lipinski definition) is 8.